The van der Waals surface area contributed by atoms with Crippen molar-refractivity contribution in [1.82, 2.24) is 0 Å². The molecule has 0 saturated heterocycles. The van der Waals surface area contributed by atoms with Crippen molar-refractivity contribution in [2.24, 2.45) is 17.6 Å². The predicted octanol–water partition coefficient (Wildman–Crippen LogP) is 0.728. The maximum absolute atomic E-state index is 10.4. The van der Waals surface area contributed by atoms with Gasteiger partial charge in [0.15, 0.2) is 0 Å². The largest absolute Gasteiger partial charge is 0.480 e. The standard InChI is InChI=1S/C9H14N2O2/c10-5-7(6-2-1-3-6)4-8(11)9(12)13/h6-8H,1-4,11H2,(H,12,13)/t7?,8-/m1/s1. The molecule has 0 aliphatic heterocycles. The van der Waals surface area contributed by atoms with Crippen LogP contribution in [0.1, 0.15) is 25.7 Å². The normalized spacial score (nSPS) is 21.2. The van der Waals surface area contributed by atoms with Gasteiger partial charge in [-0.15, -0.1) is 0 Å². The second kappa shape index (κ2) is 4.24. The zero-order valence-corrected chi connectivity index (χ0v) is 7.44. The fourth-order valence-electron chi connectivity index (χ4n) is 1.57. The van der Waals surface area contributed by atoms with E-state index >= 15 is 0 Å². The molecule has 0 heterocycles. The number of rotatable bonds is 4. The lowest BCUT2D eigenvalue weighted by Crippen LogP contribution is -2.35. The molecule has 0 spiro atoms. The highest BCUT2D eigenvalue weighted by molar-refractivity contribution is 5.73. The SMILES string of the molecule is N#CC(C[C@@H](N)C(=O)O)C1CCC1. The Hall–Kier alpha value is -1.08. The summed E-state index contributed by atoms with van der Waals surface area (Å²) in [6.45, 7) is 0. The minimum atomic E-state index is -1.01. The molecule has 1 unspecified atom stereocenters. The van der Waals surface area contributed by atoms with Crippen molar-refractivity contribution < 1.29 is 9.90 Å². The Morgan fingerprint density at radius 2 is 2.31 bits per heavy atom. The number of carboxylic acids is 1. The van der Waals surface area contributed by atoms with E-state index in [-0.39, 0.29) is 12.3 Å². The topological polar surface area (TPSA) is 87.1 Å². The van der Waals surface area contributed by atoms with Crippen molar-refractivity contribution in [3.63, 3.8) is 0 Å². The van der Waals surface area contributed by atoms with Crippen molar-refractivity contribution in [2.45, 2.75) is 31.7 Å². The number of hydrogen-bond donors (Lipinski definition) is 2. The van der Waals surface area contributed by atoms with Crippen LogP contribution in [-0.2, 0) is 4.79 Å². The highest BCUT2D eigenvalue weighted by Crippen LogP contribution is 2.35. The van der Waals surface area contributed by atoms with E-state index in [1.165, 1.54) is 0 Å². The predicted molar refractivity (Wildman–Crippen MR) is 46.7 cm³/mol. The highest BCUT2D eigenvalue weighted by atomic mass is 16.4. The van der Waals surface area contributed by atoms with E-state index < -0.39 is 12.0 Å². The van der Waals surface area contributed by atoms with Crippen molar-refractivity contribution >= 4 is 5.97 Å². The third kappa shape index (κ3) is 2.43. The van der Waals surface area contributed by atoms with Gasteiger partial charge in [0.25, 0.3) is 0 Å². The lowest BCUT2D eigenvalue weighted by Gasteiger charge is -2.30. The van der Waals surface area contributed by atoms with Crippen LogP contribution in [0.3, 0.4) is 0 Å². The molecule has 4 heteroatoms. The summed E-state index contributed by atoms with van der Waals surface area (Å²) in [4.78, 5) is 10.4. The van der Waals surface area contributed by atoms with Crippen LogP contribution in [0.4, 0.5) is 0 Å². The fourth-order valence-corrected chi connectivity index (χ4v) is 1.57. The quantitative estimate of drug-likeness (QED) is 0.670. The molecule has 13 heavy (non-hydrogen) atoms. The average molecular weight is 182 g/mol. The van der Waals surface area contributed by atoms with Gasteiger partial charge < -0.3 is 10.8 Å². The first-order chi connectivity index (χ1) is 6.15. The molecule has 1 fully saturated rings. The Kier molecular flexibility index (Phi) is 3.26. The third-order valence-electron chi connectivity index (χ3n) is 2.71. The molecule has 72 valence electrons. The molecule has 0 radical (unpaired) electrons. The van der Waals surface area contributed by atoms with Gasteiger partial charge in [-0.1, -0.05) is 6.42 Å². The van der Waals surface area contributed by atoms with Gasteiger partial charge >= 0.3 is 5.97 Å². The summed E-state index contributed by atoms with van der Waals surface area (Å²) in [7, 11) is 0. The van der Waals surface area contributed by atoms with Crippen molar-refractivity contribution in [2.75, 3.05) is 0 Å². The minimum absolute atomic E-state index is 0.167. The smallest absolute Gasteiger partial charge is 0.320 e. The van der Waals surface area contributed by atoms with E-state index in [4.69, 9.17) is 16.1 Å². The van der Waals surface area contributed by atoms with Gasteiger partial charge in [0.05, 0.1) is 12.0 Å². The molecule has 1 saturated carbocycles. The minimum Gasteiger partial charge on any atom is -0.480 e. The summed E-state index contributed by atoms with van der Waals surface area (Å²) in [5.41, 5.74) is 5.36. The van der Waals surface area contributed by atoms with Gasteiger partial charge in [-0.25, -0.2) is 0 Å². The van der Waals surface area contributed by atoms with E-state index in [9.17, 15) is 4.79 Å². The maximum Gasteiger partial charge on any atom is 0.320 e. The molecule has 1 rings (SSSR count). The number of carbonyl (C=O) groups is 1. The number of nitriles is 1. The first kappa shape index (κ1) is 10.0. The molecule has 0 amide bonds. The summed E-state index contributed by atoms with van der Waals surface area (Å²) in [5, 5.41) is 17.4. The fraction of sp³-hybridized carbons (Fsp3) is 0.778. The molecular weight excluding hydrogens is 168 g/mol. The van der Waals surface area contributed by atoms with Crippen LogP contribution in [0.2, 0.25) is 0 Å². The van der Waals surface area contributed by atoms with Gasteiger partial charge in [-0.3, -0.25) is 4.79 Å². The second-order valence-electron chi connectivity index (χ2n) is 3.61. The van der Waals surface area contributed by atoms with E-state index in [0.717, 1.165) is 19.3 Å². The highest BCUT2D eigenvalue weighted by Gasteiger charge is 2.30. The molecule has 2 atom stereocenters. The first-order valence-corrected chi connectivity index (χ1v) is 4.53. The first-order valence-electron chi connectivity index (χ1n) is 4.53. The van der Waals surface area contributed by atoms with E-state index in [1.54, 1.807) is 0 Å². The Morgan fingerprint density at radius 3 is 2.62 bits per heavy atom. The summed E-state index contributed by atoms with van der Waals surface area (Å²) < 4.78 is 0. The zero-order valence-electron chi connectivity index (χ0n) is 7.44. The molecular formula is C9H14N2O2. The van der Waals surface area contributed by atoms with Crippen LogP contribution in [0.25, 0.3) is 0 Å². The van der Waals surface area contributed by atoms with Crippen LogP contribution in [0.15, 0.2) is 0 Å². The van der Waals surface area contributed by atoms with E-state index in [2.05, 4.69) is 6.07 Å². The molecule has 0 aromatic rings. The lowest BCUT2D eigenvalue weighted by atomic mass is 9.74. The summed E-state index contributed by atoms with van der Waals surface area (Å²) in [5.74, 6) is -0.796. The Morgan fingerprint density at radius 1 is 1.69 bits per heavy atom. The van der Waals surface area contributed by atoms with Crippen molar-refractivity contribution in [1.29, 1.82) is 5.26 Å². The molecule has 0 aromatic heterocycles. The molecule has 4 nitrogen and oxygen atoms in total. The molecule has 0 bridgehead atoms. The molecule has 3 N–H and O–H groups in total. The van der Waals surface area contributed by atoms with Crippen LogP contribution in [0, 0.1) is 23.2 Å². The van der Waals surface area contributed by atoms with Gasteiger partial charge in [0, 0.05) is 0 Å². The summed E-state index contributed by atoms with van der Waals surface area (Å²) in [6.07, 6.45) is 3.54. The zero-order chi connectivity index (χ0) is 9.84. The van der Waals surface area contributed by atoms with Crippen molar-refractivity contribution in [3.8, 4) is 6.07 Å². The van der Waals surface area contributed by atoms with Crippen molar-refractivity contribution in [3.05, 3.63) is 0 Å². The Balaban J connectivity index is 2.40. The van der Waals surface area contributed by atoms with Crippen LogP contribution in [0.5, 0.6) is 0 Å². The third-order valence-corrected chi connectivity index (χ3v) is 2.71. The Bertz CT molecular complexity index is 230. The van der Waals surface area contributed by atoms with Crippen LogP contribution < -0.4 is 5.73 Å². The van der Waals surface area contributed by atoms with Gasteiger partial charge in [0.1, 0.15) is 6.04 Å². The molecule has 1 aliphatic carbocycles. The van der Waals surface area contributed by atoms with Gasteiger partial charge in [0.2, 0.25) is 0 Å². The molecule has 0 aromatic carbocycles. The number of nitrogens with two attached hydrogens (primary N) is 1. The maximum atomic E-state index is 10.4. The summed E-state index contributed by atoms with van der Waals surface area (Å²) >= 11 is 0. The van der Waals surface area contributed by atoms with E-state index in [1.807, 2.05) is 0 Å². The number of nitrogens with zero attached hydrogens (tertiary/aromatic N) is 1. The number of aliphatic carboxylic acids is 1. The second-order valence-corrected chi connectivity index (χ2v) is 3.61. The average Bonchev–Trinajstić information content (AvgIpc) is 1.99. The molecule has 1 aliphatic rings. The van der Waals surface area contributed by atoms with E-state index in [0.29, 0.717) is 5.92 Å². The lowest BCUT2D eigenvalue weighted by molar-refractivity contribution is -0.139. The number of hydrogen-bond acceptors (Lipinski definition) is 3. The number of carboxylic acid groups (broad SMARTS) is 1. The summed E-state index contributed by atoms with van der Waals surface area (Å²) in [6, 6.07) is 1.26. The monoisotopic (exact) mass is 182 g/mol. The Labute approximate surface area is 77.3 Å². The van der Waals surface area contributed by atoms with Crippen LogP contribution in [-0.4, -0.2) is 17.1 Å². The van der Waals surface area contributed by atoms with Crippen LogP contribution >= 0.6 is 0 Å². The van der Waals surface area contributed by atoms with Gasteiger partial charge in [-0.2, -0.15) is 5.26 Å². The van der Waals surface area contributed by atoms with Gasteiger partial charge in [-0.05, 0) is 25.2 Å².